The Kier molecular flexibility index (Phi) is 3.22. The summed E-state index contributed by atoms with van der Waals surface area (Å²) >= 11 is 0. The zero-order valence-electron chi connectivity index (χ0n) is 12.0. The fraction of sp³-hybridized carbons (Fsp3) is 0.176. The fourth-order valence-electron chi connectivity index (χ4n) is 2.78. The second-order valence-electron chi connectivity index (χ2n) is 5.08. The van der Waals surface area contributed by atoms with E-state index in [4.69, 9.17) is 0 Å². The summed E-state index contributed by atoms with van der Waals surface area (Å²) in [5.74, 6) is -0.167. The Hall–Kier alpha value is -2.62. The van der Waals surface area contributed by atoms with Crippen molar-refractivity contribution in [1.29, 1.82) is 0 Å². The Balaban J connectivity index is 2.01. The molecule has 1 aliphatic rings. The van der Waals surface area contributed by atoms with Crippen LogP contribution in [-0.2, 0) is 6.42 Å². The van der Waals surface area contributed by atoms with E-state index < -0.39 is 0 Å². The summed E-state index contributed by atoms with van der Waals surface area (Å²) in [6.45, 7) is 0. The first-order chi connectivity index (χ1) is 10.1. The van der Waals surface area contributed by atoms with Crippen molar-refractivity contribution in [3.63, 3.8) is 0 Å². The van der Waals surface area contributed by atoms with Crippen molar-refractivity contribution in [1.82, 2.24) is 10.6 Å². The molecule has 0 aromatic heterocycles. The van der Waals surface area contributed by atoms with E-state index in [-0.39, 0.29) is 11.8 Å². The topological polar surface area (TPSA) is 58.2 Å². The van der Waals surface area contributed by atoms with Gasteiger partial charge in [0.1, 0.15) is 0 Å². The van der Waals surface area contributed by atoms with Crippen LogP contribution < -0.4 is 10.6 Å². The van der Waals surface area contributed by atoms with Gasteiger partial charge in [-0.15, -0.1) is 0 Å². The van der Waals surface area contributed by atoms with Crippen LogP contribution >= 0.6 is 0 Å². The zero-order chi connectivity index (χ0) is 15.0. The molecule has 4 heteroatoms. The van der Waals surface area contributed by atoms with Crippen molar-refractivity contribution in [2.24, 2.45) is 0 Å². The third-order valence-corrected chi connectivity index (χ3v) is 3.86. The van der Waals surface area contributed by atoms with Gasteiger partial charge in [0.25, 0.3) is 11.8 Å². The molecule has 0 bridgehead atoms. The molecule has 0 spiro atoms. The smallest absolute Gasteiger partial charge is 0.251 e. The van der Waals surface area contributed by atoms with Crippen LogP contribution in [0.3, 0.4) is 0 Å². The lowest BCUT2D eigenvalue weighted by Crippen LogP contribution is -2.17. The number of hydrogen-bond acceptors (Lipinski definition) is 2. The van der Waals surface area contributed by atoms with Crippen molar-refractivity contribution in [3.05, 3.63) is 58.7 Å². The Morgan fingerprint density at radius 1 is 0.810 bits per heavy atom. The molecule has 0 atom stereocenters. The van der Waals surface area contributed by atoms with Crippen molar-refractivity contribution in [2.45, 2.75) is 6.42 Å². The van der Waals surface area contributed by atoms with E-state index in [1.54, 1.807) is 14.1 Å². The Morgan fingerprint density at radius 2 is 1.24 bits per heavy atom. The van der Waals surface area contributed by atoms with E-state index in [1.165, 1.54) is 0 Å². The van der Waals surface area contributed by atoms with Gasteiger partial charge in [-0.2, -0.15) is 0 Å². The van der Waals surface area contributed by atoms with Crippen LogP contribution in [0.15, 0.2) is 36.4 Å². The summed E-state index contributed by atoms with van der Waals surface area (Å²) in [7, 11) is 3.25. The van der Waals surface area contributed by atoms with Gasteiger partial charge >= 0.3 is 0 Å². The van der Waals surface area contributed by atoms with Crippen LogP contribution in [0.25, 0.3) is 11.1 Å². The van der Waals surface area contributed by atoms with Gasteiger partial charge in [0, 0.05) is 25.2 Å². The highest BCUT2D eigenvalue weighted by Crippen LogP contribution is 2.37. The summed E-state index contributed by atoms with van der Waals surface area (Å²) in [4.78, 5) is 23.4. The number of carbonyl (C=O) groups excluding carboxylic acids is 2. The van der Waals surface area contributed by atoms with E-state index in [0.717, 1.165) is 28.7 Å². The summed E-state index contributed by atoms with van der Waals surface area (Å²) in [5, 5.41) is 5.27. The molecule has 4 nitrogen and oxygen atoms in total. The number of benzene rings is 2. The number of amides is 2. The maximum Gasteiger partial charge on any atom is 0.251 e. The van der Waals surface area contributed by atoms with E-state index in [2.05, 4.69) is 10.6 Å². The third-order valence-electron chi connectivity index (χ3n) is 3.86. The van der Waals surface area contributed by atoms with E-state index in [0.29, 0.717) is 11.1 Å². The molecule has 0 fully saturated rings. The standard InChI is InChI=1S/C17H16N2O2/c1-18-16(20)10-3-5-14-12(7-10)9-13-8-11(17(21)19-2)4-6-15(13)14/h3-8H,9H2,1-2H3,(H,18,20)(H,19,21). The first-order valence-corrected chi connectivity index (χ1v) is 6.84. The maximum atomic E-state index is 11.7. The molecule has 2 amide bonds. The molecule has 0 unspecified atom stereocenters. The second kappa shape index (κ2) is 5.05. The number of hydrogen-bond donors (Lipinski definition) is 2. The number of carbonyl (C=O) groups is 2. The quantitative estimate of drug-likeness (QED) is 0.754. The minimum Gasteiger partial charge on any atom is -0.355 e. The summed E-state index contributed by atoms with van der Waals surface area (Å²) in [5.41, 5.74) is 5.86. The molecule has 2 aromatic carbocycles. The fourth-order valence-corrected chi connectivity index (χ4v) is 2.78. The van der Waals surface area contributed by atoms with Crippen molar-refractivity contribution in [2.75, 3.05) is 14.1 Å². The molecule has 21 heavy (non-hydrogen) atoms. The van der Waals surface area contributed by atoms with E-state index in [9.17, 15) is 9.59 Å². The number of rotatable bonds is 2. The molecule has 1 aliphatic carbocycles. The molecule has 3 rings (SSSR count). The minimum atomic E-state index is -0.0835. The van der Waals surface area contributed by atoms with Gasteiger partial charge in [0.15, 0.2) is 0 Å². The molecule has 2 N–H and O–H groups in total. The predicted octanol–water partition coefficient (Wildman–Crippen LogP) is 1.98. The Labute approximate surface area is 123 Å². The van der Waals surface area contributed by atoms with Crippen LogP contribution in [0.5, 0.6) is 0 Å². The molecule has 2 aromatic rings. The number of fused-ring (bicyclic) bond motifs is 3. The summed E-state index contributed by atoms with van der Waals surface area (Å²) in [6, 6.07) is 11.5. The highest BCUT2D eigenvalue weighted by atomic mass is 16.2. The summed E-state index contributed by atoms with van der Waals surface area (Å²) in [6.07, 6.45) is 0.750. The molecule has 0 saturated heterocycles. The first kappa shape index (κ1) is 13.4. The van der Waals surface area contributed by atoms with Gasteiger partial charge in [0.05, 0.1) is 0 Å². The predicted molar refractivity (Wildman–Crippen MR) is 81.5 cm³/mol. The normalized spacial score (nSPS) is 11.5. The average Bonchev–Trinajstić information content (AvgIpc) is 2.89. The van der Waals surface area contributed by atoms with Crippen molar-refractivity contribution < 1.29 is 9.59 Å². The molecular weight excluding hydrogens is 264 g/mol. The lowest BCUT2D eigenvalue weighted by Gasteiger charge is -2.05. The Morgan fingerprint density at radius 3 is 1.62 bits per heavy atom. The third kappa shape index (κ3) is 2.18. The van der Waals surface area contributed by atoms with Crippen molar-refractivity contribution >= 4 is 11.8 Å². The molecule has 106 valence electrons. The van der Waals surface area contributed by atoms with Crippen LogP contribution in [0, 0.1) is 0 Å². The first-order valence-electron chi connectivity index (χ1n) is 6.84. The van der Waals surface area contributed by atoms with Gasteiger partial charge in [0.2, 0.25) is 0 Å². The van der Waals surface area contributed by atoms with Gasteiger partial charge in [-0.05, 0) is 52.9 Å². The highest BCUT2D eigenvalue weighted by molar-refractivity contribution is 5.97. The average molecular weight is 280 g/mol. The minimum absolute atomic E-state index is 0.0835. The maximum absolute atomic E-state index is 11.7. The van der Waals surface area contributed by atoms with Crippen LogP contribution in [-0.4, -0.2) is 25.9 Å². The second-order valence-corrected chi connectivity index (χ2v) is 5.08. The highest BCUT2D eigenvalue weighted by Gasteiger charge is 2.20. The molecular formula is C17H16N2O2. The molecule has 0 radical (unpaired) electrons. The molecule has 0 saturated carbocycles. The lowest BCUT2D eigenvalue weighted by atomic mass is 10.0. The van der Waals surface area contributed by atoms with E-state index in [1.807, 2.05) is 36.4 Å². The molecule has 0 heterocycles. The van der Waals surface area contributed by atoms with Gasteiger partial charge < -0.3 is 10.6 Å². The zero-order valence-corrected chi connectivity index (χ0v) is 12.0. The van der Waals surface area contributed by atoms with Gasteiger partial charge in [-0.3, -0.25) is 9.59 Å². The van der Waals surface area contributed by atoms with Gasteiger partial charge in [-0.25, -0.2) is 0 Å². The Bertz CT molecular complexity index is 687. The van der Waals surface area contributed by atoms with Crippen LogP contribution in [0.4, 0.5) is 0 Å². The number of nitrogens with one attached hydrogen (secondary N) is 2. The molecule has 0 aliphatic heterocycles. The lowest BCUT2D eigenvalue weighted by molar-refractivity contribution is 0.0955. The van der Waals surface area contributed by atoms with Crippen molar-refractivity contribution in [3.8, 4) is 11.1 Å². The SMILES string of the molecule is CNC(=O)c1ccc2c(c1)Cc1cc(C(=O)NC)ccc1-2. The largest absolute Gasteiger partial charge is 0.355 e. The summed E-state index contributed by atoms with van der Waals surface area (Å²) < 4.78 is 0. The van der Waals surface area contributed by atoms with Crippen LogP contribution in [0.2, 0.25) is 0 Å². The van der Waals surface area contributed by atoms with Crippen LogP contribution in [0.1, 0.15) is 31.8 Å². The van der Waals surface area contributed by atoms with E-state index >= 15 is 0 Å². The monoisotopic (exact) mass is 280 g/mol. The van der Waals surface area contributed by atoms with Gasteiger partial charge in [-0.1, -0.05) is 12.1 Å².